The van der Waals surface area contributed by atoms with E-state index in [0.717, 1.165) is 53.8 Å². The summed E-state index contributed by atoms with van der Waals surface area (Å²) >= 11 is 0. The van der Waals surface area contributed by atoms with Gasteiger partial charge in [0.2, 0.25) is 0 Å². The van der Waals surface area contributed by atoms with Crippen LogP contribution in [0.2, 0.25) is 0 Å². The molecule has 7 nitrogen and oxygen atoms in total. The Morgan fingerprint density at radius 1 is 1.13 bits per heavy atom. The molecule has 1 aromatic carbocycles. The Labute approximate surface area is 177 Å². The summed E-state index contributed by atoms with van der Waals surface area (Å²) in [6, 6.07) is 12.3. The normalized spacial score (nSPS) is 13.8. The summed E-state index contributed by atoms with van der Waals surface area (Å²) in [5.74, 6) is 7.36. The Morgan fingerprint density at radius 2 is 1.90 bits per heavy atom. The summed E-state index contributed by atoms with van der Waals surface area (Å²) in [4.78, 5) is 12.0. The second-order valence-corrected chi connectivity index (χ2v) is 7.88. The molecule has 30 heavy (non-hydrogen) atoms. The van der Waals surface area contributed by atoms with Crippen LogP contribution in [0.3, 0.4) is 0 Å². The summed E-state index contributed by atoms with van der Waals surface area (Å²) in [6.45, 7) is 9.08. The fourth-order valence-electron chi connectivity index (χ4n) is 4.08. The summed E-state index contributed by atoms with van der Waals surface area (Å²) in [5.41, 5.74) is 12.0. The molecular formula is C23H29N7. The first-order valence-corrected chi connectivity index (χ1v) is 10.3. The number of rotatable bonds is 5. The molecule has 7 heteroatoms. The van der Waals surface area contributed by atoms with Crippen molar-refractivity contribution in [3.63, 3.8) is 0 Å². The van der Waals surface area contributed by atoms with Crippen molar-refractivity contribution in [3.8, 4) is 11.3 Å². The topological polar surface area (TPSA) is 89.2 Å². The lowest BCUT2D eigenvalue weighted by Crippen LogP contribution is -2.34. The molecule has 0 unspecified atom stereocenters. The van der Waals surface area contributed by atoms with Crippen molar-refractivity contribution >= 4 is 11.4 Å². The van der Waals surface area contributed by atoms with Gasteiger partial charge in [0.25, 0.3) is 0 Å². The Balaban J connectivity index is 1.66. The molecule has 3 aromatic rings. The zero-order chi connectivity index (χ0) is 21.3. The Morgan fingerprint density at radius 3 is 2.60 bits per heavy atom. The molecule has 2 aromatic heterocycles. The minimum Gasteiger partial charge on any atom is -0.403 e. The van der Waals surface area contributed by atoms with Gasteiger partial charge < -0.3 is 15.2 Å². The van der Waals surface area contributed by atoms with Crippen molar-refractivity contribution in [2.75, 3.05) is 16.5 Å². The number of aromatic nitrogens is 3. The lowest BCUT2D eigenvalue weighted by atomic mass is 10.00. The third-order valence-corrected chi connectivity index (χ3v) is 5.60. The first kappa shape index (κ1) is 20.0. The van der Waals surface area contributed by atoms with Crippen LogP contribution in [-0.4, -0.2) is 21.1 Å². The second-order valence-electron chi connectivity index (χ2n) is 7.88. The predicted molar refractivity (Wildman–Crippen MR) is 122 cm³/mol. The molecule has 4 N–H and O–H groups in total. The Hall–Kier alpha value is -3.32. The third kappa shape index (κ3) is 3.64. The maximum Gasteiger partial charge on any atom is 0.106 e. The van der Waals surface area contributed by atoms with Crippen molar-refractivity contribution in [3.05, 3.63) is 72.2 Å². The minimum absolute atomic E-state index is 0.341. The number of pyridine rings is 1. The van der Waals surface area contributed by atoms with Gasteiger partial charge >= 0.3 is 0 Å². The van der Waals surface area contributed by atoms with Gasteiger partial charge in [-0.25, -0.2) is 10.8 Å². The van der Waals surface area contributed by atoms with Crippen LogP contribution < -0.4 is 21.5 Å². The van der Waals surface area contributed by atoms with Crippen LogP contribution in [0.15, 0.2) is 55.0 Å². The van der Waals surface area contributed by atoms with Gasteiger partial charge in [-0.1, -0.05) is 13.8 Å². The molecule has 0 bridgehead atoms. The van der Waals surface area contributed by atoms with Crippen molar-refractivity contribution in [1.82, 2.24) is 14.5 Å². The van der Waals surface area contributed by atoms with E-state index in [1.807, 2.05) is 24.4 Å². The maximum absolute atomic E-state index is 5.96. The lowest BCUT2D eigenvalue weighted by molar-refractivity contribution is 0.560. The standard InChI is InChI=1S/C23H29N7/c1-16(2)22-20(5-4-11-26-22)23-21-15-28(13-14-29(21)17(3)27-23)18-6-8-19(9-7-18)30(25)12-10-24/h4-12,16H,13-15,24-25H2,1-3H3/b12-10-. The van der Waals surface area contributed by atoms with Gasteiger partial charge in [-0.05, 0) is 49.2 Å². The van der Waals surface area contributed by atoms with Gasteiger partial charge in [-0.3, -0.25) is 9.99 Å². The highest BCUT2D eigenvalue weighted by atomic mass is 15.4. The molecule has 4 rings (SSSR count). The highest BCUT2D eigenvalue weighted by Crippen LogP contribution is 2.33. The first-order chi connectivity index (χ1) is 14.5. The minimum atomic E-state index is 0.341. The van der Waals surface area contributed by atoms with E-state index >= 15 is 0 Å². The Bertz CT molecular complexity index is 1050. The summed E-state index contributed by atoms with van der Waals surface area (Å²) in [7, 11) is 0. The van der Waals surface area contributed by atoms with Crippen molar-refractivity contribution < 1.29 is 0 Å². The average Bonchev–Trinajstić information content (AvgIpc) is 3.10. The average molecular weight is 404 g/mol. The molecule has 0 aliphatic carbocycles. The van der Waals surface area contributed by atoms with Crippen molar-refractivity contribution in [2.45, 2.75) is 39.8 Å². The van der Waals surface area contributed by atoms with Crippen LogP contribution in [0.25, 0.3) is 11.3 Å². The van der Waals surface area contributed by atoms with Crippen LogP contribution >= 0.6 is 0 Å². The van der Waals surface area contributed by atoms with E-state index in [-0.39, 0.29) is 0 Å². The second kappa shape index (κ2) is 8.20. The summed E-state index contributed by atoms with van der Waals surface area (Å²) in [6.07, 6.45) is 4.92. The van der Waals surface area contributed by atoms with Crippen molar-refractivity contribution in [1.29, 1.82) is 0 Å². The Kier molecular flexibility index (Phi) is 5.46. The van der Waals surface area contributed by atoms with Gasteiger partial charge in [-0.15, -0.1) is 0 Å². The van der Waals surface area contributed by atoms with E-state index in [0.29, 0.717) is 5.92 Å². The van der Waals surface area contributed by atoms with E-state index in [9.17, 15) is 0 Å². The highest BCUT2D eigenvalue weighted by molar-refractivity contribution is 5.67. The van der Waals surface area contributed by atoms with Crippen LogP contribution in [0.5, 0.6) is 0 Å². The third-order valence-electron chi connectivity index (χ3n) is 5.60. The van der Waals surface area contributed by atoms with Crippen LogP contribution in [0, 0.1) is 6.92 Å². The number of nitrogens with two attached hydrogens (primary N) is 2. The zero-order valence-electron chi connectivity index (χ0n) is 17.8. The molecule has 0 saturated carbocycles. The largest absolute Gasteiger partial charge is 0.403 e. The van der Waals surface area contributed by atoms with Gasteiger partial charge in [0, 0.05) is 42.9 Å². The maximum atomic E-state index is 5.96. The number of imidazole rings is 1. The molecule has 0 atom stereocenters. The molecule has 0 saturated heterocycles. The highest BCUT2D eigenvalue weighted by Gasteiger charge is 2.25. The number of aryl methyl sites for hydroxylation is 1. The van der Waals surface area contributed by atoms with E-state index in [1.54, 1.807) is 6.20 Å². The molecule has 0 radical (unpaired) electrons. The molecule has 0 spiro atoms. The zero-order valence-corrected chi connectivity index (χ0v) is 17.8. The lowest BCUT2D eigenvalue weighted by Gasteiger charge is -2.31. The SMILES string of the molecule is Cc1nc(-c2cccnc2C(C)C)c2n1CCN(c1ccc(N(N)/C=C\N)cc1)C2. The van der Waals surface area contributed by atoms with E-state index in [1.165, 1.54) is 16.9 Å². The molecule has 3 heterocycles. The fraction of sp³-hybridized carbons (Fsp3) is 0.304. The van der Waals surface area contributed by atoms with E-state index in [2.05, 4.69) is 53.4 Å². The molecule has 156 valence electrons. The predicted octanol–water partition coefficient (Wildman–Crippen LogP) is 3.51. The first-order valence-electron chi connectivity index (χ1n) is 10.3. The number of anilines is 2. The monoisotopic (exact) mass is 403 g/mol. The van der Waals surface area contributed by atoms with E-state index < -0.39 is 0 Å². The van der Waals surface area contributed by atoms with E-state index in [4.69, 9.17) is 16.6 Å². The quantitative estimate of drug-likeness (QED) is 0.501. The van der Waals surface area contributed by atoms with Crippen LogP contribution in [0.4, 0.5) is 11.4 Å². The number of benzene rings is 1. The number of hydrazine groups is 1. The summed E-state index contributed by atoms with van der Waals surface area (Å²) in [5, 5.41) is 1.51. The van der Waals surface area contributed by atoms with Crippen LogP contribution in [-0.2, 0) is 13.1 Å². The van der Waals surface area contributed by atoms with Gasteiger partial charge in [0.1, 0.15) is 5.82 Å². The molecule has 0 fully saturated rings. The molecule has 1 aliphatic rings. The summed E-state index contributed by atoms with van der Waals surface area (Å²) < 4.78 is 2.34. The molecule has 0 amide bonds. The van der Waals surface area contributed by atoms with Gasteiger partial charge in [0.15, 0.2) is 0 Å². The smallest absolute Gasteiger partial charge is 0.106 e. The number of nitrogens with zero attached hydrogens (tertiary/aromatic N) is 5. The van der Waals surface area contributed by atoms with Crippen LogP contribution in [0.1, 0.15) is 37.0 Å². The number of fused-ring (bicyclic) bond motifs is 1. The van der Waals surface area contributed by atoms with Gasteiger partial charge in [0.05, 0.1) is 29.3 Å². The van der Waals surface area contributed by atoms with Crippen molar-refractivity contribution in [2.24, 2.45) is 11.6 Å². The number of hydrogen-bond donors (Lipinski definition) is 2. The molecule has 1 aliphatic heterocycles. The van der Waals surface area contributed by atoms with Gasteiger partial charge in [-0.2, -0.15) is 0 Å². The molecular weight excluding hydrogens is 374 g/mol. The fourth-order valence-corrected chi connectivity index (χ4v) is 4.08. The number of hydrogen-bond acceptors (Lipinski definition) is 6.